The van der Waals surface area contributed by atoms with Gasteiger partial charge in [0.05, 0.1) is 5.02 Å². The summed E-state index contributed by atoms with van der Waals surface area (Å²) in [5.41, 5.74) is 0.687. The molecule has 1 aliphatic rings. The molecule has 0 saturated heterocycles. The molecule has 1 aromatic carbocycles. The number of hydrogen-bond donors (Lipinski definition) is 0. The van der Waals surface area contributed by atoms with Crippen LogP contribution in [0.4, 0.5) is 0 Å². The lowest BCUT2D eigenvalue weighted by atomic mass is 10.0. The average Bonchev–Trinajstić information content (AvgIpc) is 3.00. The van der Waals surface area contributed by atoms with Crippen LogP contribution >= 0.6 is 11.6 Å². The van der Waals surface area contributed by atoms with Crippen LogP contribution in [0.5, 0.6) is 11.5 Å². The lowest BCUT2D eigenvalue weighted by Gasteiger charge is -2.03. The maximum atomic E-state index is 12.2. The van der Waals surface area contributed by atoms with Crippen molar-refractivity contribution in [3.05, 3.63) is 52.8 Å². The van der Waals surface area contributed by atoms with Crippen LogP contribution in [0.2, 0.25) is 5.02 Å². The first-order valence-corrected chi connectivity index (χ1v) is 7.09. The molecule has 3 rings (SSSR count). The number of Topliss-reactive ketones (excluding diaryl/α,β-unsaturated/α-hetero) is 2. The van der Waals surface area contributed by atoms with Crippen LogP contribution in [0.3, 0.4) is 0 Å². The van der Waals surface area contributed by atoms with Crippen LogP contribution in [0.25, 0.3) is 0 Å². The Bertz CT molecular complexity index is 745. The van der Waals surface area contributed by atoms with E-state index in [9.17, 15) is 9.59 Å². The molecule has 0 amide bonds. The van der Waals surface area contributed by atoms with Crippen LogP contribution in [0.15, 0.2) is 36.5 Å². The van der Waals surface area contributed by atoms with Crippen LogP contribution in [0.1, 0.15) is 33.7 Å². The number of benzene rings is 1. The van der Waals surface area contributed by atoms with Crippen molar-refractivity contribution < 1.29 is 19.1 Å². The van der Waals surface area contributed by atoms with Gasteiger partial charge in [0, 0.05) is 24.6 Å². The quantitative estimate of drug-likeness (QED) is 0.791. The Morgan fingerprint density at radius 3 is 2.68 bits per heavy atom. The van der Waals surface area contributed by atoms with Crippen molar-refractivity contribution in [2.24, 2.45) is 0 Å². The number of aromatic nitrogens is 1. The summed E-state index contributed by atoms with van der Waals surface area (Å²) >= 11 is 5.92. The van der Waals surface area contributed by atoms with Crippen LogP contribution in [0, 0.1) is 0 Å². The minimum Gasteiger partial charge on any atom is -0.454 e. The van der Waals surface area contributed by atoms with E-state index in [4.69, 9.17) is 21.1 Å². The highest BCUT2D eigenvalue weighted by Crippen LogP contribution is 2.32. The van der Waals surface area contributed by atoms with Gasteiger partial charge in [0.15, 0.2) is 23.1 Å². The molecule has 2 aromatic rings. The number of nitrogens with zero attached hydrogens (tertiary/aromatic N) is 1. The maximum Gasteiger partial charge on any atom is 0.231 e. The molecule has 5 nitrogen and oxygen atoms in total. The van der Waals surface area contributed by atoms with E-state index in [-0.39, 0.29) is 36.9 Å². The highest BCUT2D eigenvalue weighted by Gasteiger charge is 2.18. The van der Waals surface area contributed by atoms with Crippen LogP contribution in [-0.2, 0) is 0 Å². The average molecular weight is 318 g/mol. The second-order valence-corrected chi connectivity index (χ2v) is 5.16. The molecule has 112 valence electrons. The second-order valence-electron chi connectivity index (χ2n) is 4.75. The van der Waals surface area contributed by atoms with Crippen LogP contribution in [-0.4, -0.2) is 23.3 Å². The van der Waals surface area contributed by atoms with Crippen molar-refractivity contribution in [2.45, 2.75) is 12.8 Å². The first-order chi connectivity index (χ1) is 10.6. The molecule has 2 heterocycles. The molecule has 0 fully saturated rings. The molecule has 0 unspecified atom stereocenters. The largest absolute Gasteiger partial charge is 0.454 e. The number of fused-ring (bicyclic) bond motifs is 1. The predicted molar refractivity (Wildman–Crippen MR) is 79.7 cm³/mol. The van der Waals surface area contributed by atoms with Crippen molar-refractivity contribution in [3.63, 3.8) is 0 Å². The Hall–Kier alpha value is -2.40. The summed E-state index contributed by atoms with van der Waals surface area (Å²) in [4.78, 5) is 28.2. The summed E-state index contributed by atoms with van der Waals surface area (Å²) in [5, 5.41) is 0.294. The van der Waals surface area contributed by atoms with E-state index >= 15 is 0 Å². The van der Waals surface area contributed by atoms with Gasteiger partial charge in [-0.3, -0.25) is 14.6 Å². The number of rotatable bonds is 5. The zero-order valence-electron chi connectivity index (χ0n) is 11.5. The van der Waals surface area contributed by atoms with Crippen molar-refractivity contribution in [1.82, 2.24) is 4.98 Å². The van der Waals surface area contributed by atoms with Gasteiger partial charge in [0.2, 0.25) is 6.79 Å². The van der Waals surface area contributed by atoms with E-state index < -0.39 is 0 Å². The highest BCUT2D eigenvalue weighted by molar-refractivity contribution is 6.33. The number of halogens is 1. The predicted octanol–water partition coefficient (Wildman–Crippen LogP) is 3.31. The minimum absolute atomic E-state index is 0.0595. The topological polar surface area (TPSA) is 65.5 Å². The van der Waals surface area contributed by atoms with Gasteiger partial charge in [0.1, 0.15) is 5.69 Å². The summed E-state index contributed by atoms with van der Waals surface area (Å²) in [6, 6.07) is 8.22. The molecule has 0 spiro atoms. The van der Waals surface area contributed by atoms with E-state index in [0.29, 0.717) is 22.1 Å². The number of pyridine rings is 1. The van der Waals surface area contributed by atoms with Crippen molar-refractivity contribution in [3.8, 4) is 11.5 Å². The van der Waals surface area contributed by atoms with Gasteiger partial charge in [-0.1, -0.05) is 11.6 Å². The van der Waals surface area contributed by atoms with E-state index in [1.54, 1.807) is 30.3 Å². The smallest absolute Gasteiger partial charge is 0.231 e. The van der Waals surface area contributed by atoms with E-state index in [2.05, 4.69) is 4.98 Å². The normalized spacial score (nSPS) is 12.2. The molecule has 0 radical (unpaired) electrons. The van der Waals surface area contributed by atoms with Gasteiger partial charge in [0.25, 0.3) is 0 Å². The Balaban J connectivity index is 1.65. The first-order valence-electron chi connectivity index (χ1n) is 6.72. The third kappa shape index (κ3) is 2.94. The molecular formula is C16H12ClNO4. The van der Waals surface area contributed by atoms with E-state index in [0.717, 1.165) is 0 Å². The number of hydrogen-bond acceptors (Lipinski definition) is 5. The van der Waals surface area contributed by atoms with Gasteiger partial charge < -0.3 is 9.47 Å². The lowest BCUT2D eigenvalue weighted by molar-refractivity contribution is 0.0915. The van der Waals surface area contributed by atoms with Gasteiger partial charge in [-0.2, -0.15) is 0 Å². The van der Waals surface area contributed by atoms with E-state index in [1.165, 1.54) is 6.20 Å². The second kappa shape index (κ2) is 6.15. The molecule has 1 aromatic heterocycles. The molecule has 0 aliphatic carbocycles. The van der Waals surface area contributed by atoms with Crippen molar-refractivity contribution >= 4 is 23.2 Å². The zero-order valence-corrected chi connectivity index (χ0v) is 12.3. The monoisotopic (exact) mass is 317 g/mol. The summed E-state index contributed by atoms with van der Waals surface area (Å²) < 4.78 is 10.4. The Labute approximate surface area is 131 Å². The maximum absolute atomic E-state index is 12.2. The Morgan fingerprint density at radius 2 is 1.86 bits per heavy atom. The highest BCUT2D eigenvalue weighted by atomic mass is 35.5. The molecule has 6 heteroatoms. The minimum atomic E-state index is -0.250. The third-order valence-corrected chi connectivity index (χ3v) is 3.60. The molecule has 22 heavy (non-hydrogen) atoms. The fraction of sp³-hybridized carbons (Fsp3) is 0.188. The van der Waals surface area contributed by atoms with Crippen LogP contribution < -0.4 is 9.47 Å². The number of carbonyl (C=O) groups excluding carboxylic acids is 2. The molecule has 1 aliphatic heterocycles. The fourth-order valence-corrected chi connectivity index (χ4v) is 2.38. The van der Waals surface area contributed by atoms with E-state index in [1.807, 2.05) is 0 Å². The lowest BCUT2D eigenvalue weighted by Crippen LogP contribution is -2.07. The van der Waals surface area contributed by atoms with Crippen molar-refractivity contribution in [2.75, 3.05) is 6.79 Å². The summed E-state index contributed by atoms with van der Waals surface area (Å²) in [7, 11) is 0. The molecule has 0 saturated carbocycles. The van der Waals surface area contributed by atoms with Gasteiger partial charge in [-0.05, 0) is 30.3 Å². The molecule has 0 atom stereocenters. The standard InChI is InChI=1S/C16H12ClNO4/c17-11-2-1-7-18-16(11)13(20)5-4-12(19)10-3-6-14-15(8-10)22-9-21-14/h1-3,6-8H,4-5,9H2. The molecule has 0 N–H and O–H groups in total. The first kappa shape index (κ1) is 14.5. The Kier molecular flexibility index (Phi) is 4.06. The number of ketones is 2. The molecule has 0 bridgehead atoms. The SMILES string of the molecule is O=C(CCC(=O)c1ncccc1Cl)c1ccc2c(c1)OCO2. The van der Waals surface area contributed by atoms with Gasteiger partial charge >= 0.3 is 0 Å². The van der Waals surface area contributed by atoms with Crippen molar-refractivity contribution in [1.29, 1.82) is 0 Å². The Morgan fingerprint density at radius 1 is 1.09 bits per heavy atom. The fourth-order valence-electron chi connectivity index (χ4n) is 2.15. The van der Waals surface area contributed by atoms with Gasteiger partial charge in [-0.25, -0.2) is 0 Å². The summed E-state index contributed by atoms with van der Waals surface area (Å²) in [6.07, 6.45) is 1.65. The zero-order chi connectivity index (χ0) is 15.5. The number of carbonyl (C=O) groups is 2. The van der Waals surface area contributed by atoms with Gasteiger partial charge in [-0.15, -0.1) is 0 Å². The summed E-state index contributed by atoms with van der Waals surface area (Å²) in [6.45, 7) is 0.156. The number of ether oxygens (including phenoxy) is 2. The molecular weight excluding hydrogens is 306 g/mol. The summed E-state index contributed by atoms with van der Waals surface area (Å²) in [5.74, 6) is 0.774. The third-order valence-electron chi connectivity index (χ3n) is 3.30.